The van der Waals surface area contributed by atoms with Gasteiger partial charge in [0.25, 0.3) is 5.91 Å². The Kier molecular flexibility index (Phi) is 2.12. The Morgan fingerprint density at radius 1 is 1.46 bits per heavy atom. The van der Waals surface area contributed by atoms with Crippen LogP contribution in [0.1, 0.15) is 21.5 Å². The van der Waals surface area contributed by atoms with Crippen LogP contribution in [-0.2, 0) is 6.42 Å². The van der Waals surface area contributed by atoms with Gasteiger partial charge in [-0.05, 0) is 30.5 Å². The number of aryl methyl sites for hydroxylation is 1. The molecule has 0 aromatic heterocycles. The summed E-state index contributed by atoms with van der Waals surface area (Å²) in [5.41, 5.74) is 3.04. The van der Waals surface area contributed by atoms with Crippen LogP contribution in [0.4, 0.5) is 0 Å². The maximum Gasteiger partial charge on any atom is 0.251 e. The number of hydrogen-bond donors (Lipinski definition) is 1. The number of hydrogen-bond acceptors (Lipinski definition) is 1. The van der Waals surface area contributed by atoms with E-state index < -0.39 is 0 Å². The smallest absolute Gasteiger partial charge is 0.251 e. The number of amides is 1. The molecule has 1 heterocycles. The summed E-state index contributed by atoms with van der Waals surface area (Å²) in [6.45, 7) is 2.71. The Morgan fingerprint density at radius 3 is 2.92 bits per heavy atom. The average Bonchev–Trinajstić information content (AvgIpc) is 2.12. The minimum absolute atomic E-state index is 0.0556. The Labute approximate surface area is 85.5 Å². The molecule has 0 atom stereocenters. The minimum Gasteiger partial charge on any atom is -0.352 e. The molecule has 1 aliphatic rings. The van der Waals surface area contributed by atoms with Gasteiger partial charge in [0.05, 0.1) is 0 Å². The molecule has 0 saturated heterocycles. The van der Waals surface area contributed by atoms with Gasteiger partial charge in [0, 0.05) is 16.6 Å². The highest BCUT2D eigenvalue weighted by molar-refractivity contribution is 9.10. The van der Waals surface area contributed by atoms with E-state index in [1.54, 1.807) is 0 Å². The summed E-state index contributed by atoms with van der Waals surface area (Å²) in [5, 5.41) is 2.85. The highest BCUT2D eigenvalue weighted by atomic mass is 79.9. The summed E-state index contributed by atoms with van der Waals surface area (Å²) in [6.07, 6.45) is 0.920. The summed E-state index contributed by atoms with van der Waals surface area (Å²) in [6, 6.07) is 3.97. The van der Waals surface area contributed by atoms with Crippen LogP contribution in [0.3, 0.4) is 0 Å². The molecule has 2 nitrogen and oxygen atoms in total. The van der Waals surface area contributed by atoms with Crippen LogP contribution in [0.15, 0.2) is 16.6 Å². The maximum atomic E-state index is 11.5. The van der Waals surface area contributed by atoms with Gasteiger partial charge in [0.2, 0.25) is 0 Å². The van der Waals surface area contributed by atoms with Crippen LogP contribution >= 0.6 is 15.9 Å². The first-order valence-corrected chi connectivity index (χ1v) is 5.05. The molecule has 68 valence electrons. The molecule has 0 radical (unpaired) electrons. The van der Waals surface area contributed by atoms with Crippen molar-refractivity contribution in [3.05, 3.63) is 33.3 Å². The zero-order valence-electron chi connectivity index (χ0n) is 7.36. The summed E-state index contributed by atoms with van der Waals surface area (Å²) >= 11 is 3.46. The molecule has 0 unspecified atom stereocenters. The lowest BCUT2D eigenvalue weighted by atomic mass is 9.96. The molecule has 0 bridgehead atoms. The molecule has 0 aliphatic carbocycles. The molecule has 1 aromatic rings. The average molecular weight is 240 g/mol. The number of rotatable bonds is 0. The summed E-state index contributed by atoms with van der Waals surface area (Å²) in [5.74, 6) is 0.0556. The molecule has 1 aliphatic heterocycles. The quantitative estimate of drug-likeness (QED) is 0.738. The molecule has 13 heavy (non-hydrogen) atoms. The fraction of sp³-hybridized carbons (Fsp3) is 0.300. The first kappa shape index (κ1) is 8.75. The zero-order valence-corrected chi connectivity index (χ0v) is 8.94. The Balaban J connectivity index is 2.67. The van der Waals surface area contributed by atoms with E-state index in [-0.39, 0.29) is 5.91 Å². The summed E-state index contributed by atoms with van der Waals surface area (Å²) in [4.78, 5) is 11.5. The molecule has 0 spiro atoms. The van der Waals surface area contributed by atoms with Crippen molar-refractivity contribution < 1.29 is 4.79 Å². The van der Waals surface area contributed by atoms with Crippen molar-refractivity contribution in [1.29, 1.82) is 0 Å². The SMILES string of the molecule is Cc1ccc(Br)c2c1C(=O)NCC2. The number of benzene rings is 1. The van der Waals surface area contributed by atoms with Gasteiger partial charge in [-0.1, -0.05) is 22.0 Å². The van der Waals surface area contributed by atoms with Gasteiger partial charge in [0.1, 0.15) is 0 Å². The van der Waals surface area contributed by atoms with E-state index in [1.807, 2.05) is 19.1 Å². The second-order valence-corrected chi connectivity index (χ2v) is 4.08. The molecule has 2 rings (SSSR count). The van der Waals surface area contributed by atoms with Crippen LogP contribution in [-0.4, -0.2) is 12.5 Å². The Morgan fingerprint density at radius 2 is 2.23 bits per heavy atom. The molecule has 1 aromatic carbocycles. The minimum atomic E-state index is 0.0556. The van der Waals surface area contributed by atoms with Crippen molar-refractivity contribution in [2.75, 3.05) is 6.54 Å². The largest absolute Gasteiger partial charge is 0.352 e. The lowest BCUT2D eigenvalue weighted by Crippen LogP contribution is -2.32. The third-order valence-corrected chi connectivity index (χ3v) is 3.09. The summed E-state index contributed by atoms with van der Waals surface area (Å²) in [7, 11) is 0. The van der Waals surface area contributed by atoms with E-state index in [1.165, 1.54) is 0 Å². The standard InChI is InChI=1S/C10H10BrNO/c1-6-2-3-8(11)7-4-5-12-10(13)9(6)7/h2-3H,4-5H2,1H3,(H,12,13). The van der Waals surface area contributed by atoms with E-state index in [0.29, 0.717) is 0 Å². The number of nitrogens with one attached hydrogen (secondary N) is 1. The van der Waals surface area contributed by atoms with E-state index in [9.17, 15) is 4.79 Å². The Bertz CT molecular complexity index is 373. The van der Waals surface area contributed by atoms with Crippen molar-refractivity contribution in [3.8, 4) is 0 Å². The van der Waals surface area contributed by atoms with Crippen molar-refractivity contribution in [1.82, 2.24) is 5.32 Å². The van der Waals surface area contributed by atoms with Gasteiger partial charge in [0.15, 0.2) is 0 Å². The topological polar surface area (TPSA) is 29.1 Å². The number of carbonyl (C=O) groups excluding carboxylic acids is 1. The van der Waals surface area contributed by atoms with Crippen LogP contribution < -0.4 is 5.32 Å². The number of fused-ring (bicyclic) bond motifs is 1. The molecule has 0 saturated carbocycles. The van der Waals surface area contributed by atoms with Crippen molar-refractivity contribution >= 4 is 21.8 Å². The van der Waals surface area contributed by atoms with Crippen LogP contribution in [0.25, 0.3) is 0 Å². The first-order chi connectivity index (χ1) is 6.20. The molecule has 3 heteroatoms. The molecule has 1 N–H and O–H groups in total. The van der Waals surface area contributed by atoms with Crippen molar-refractivity contribution in [2.24, 2.45) is 0 Å². The predicted molar refractivity (Wildman–Crippen MR) is 54.9 cm³/mol. The number of carbonyl (C=O) groups is 1. The fourth-order valence-electron chi connectivity index (χ4n) is 1.69. The van der Waals surface area contributed by atoms with Crippen molar-refractivity contribution in [3.63, 3.8) is 0 Å². The molecular weight excluding hydrogens is 230 g/mol. The van der Waals surface area contributed by atoms with E-state index >= 15 is 0 Å². The molecular formula is C10H10BrNO. The van der Waals surface area contributed by atoms with E-state index in [0.717, 1.165) is 34.1 Å². The normalized spacial score (nSPS) is 15.1. The number of halogens is 1. The summed E-state index contributed by atoms with van der Waals surface area (Å²) < 4.78 is 1.04. The lowest BCUT2D eigenvalue weighted by Gasteiger charge is -2.19. The van der Waals surface area contributed by atoms with Crippen molar-refractivity contribution in [2.45, 2.75) is 13.3 Å². The molecule has 1 amide bonds. The van der Waals surface area contributed by atoms with Gasteiger partial charge in [-0.2, -0.15) is 0 Å². The van der Waals surface area contributed by atoms with Crippen LogP contribution in [0.2, 0.25) is 0 Å². The van der Waals surface area contributed by atoms with Gasteiger partial charge in [-0.3, -0.25) is 4.79 Å². The second kappa shape index (κ2) is 3.14. The fourth-order valence-corrected chi connectivity index (χ4v) is 2.22. The monoisotopic (exact) mass is 239 g/mol. The third-order valence-electron chi connectivity index (χ3n) is 2.35. The van der Waals surface area contributed by atoms with Crippen LogP contribution in [0.5, 0.6) is 0 Å². The maximum absolute atomic E-state index is 11.5. The van der Waals surface area contributed by atoms with Gasteiger partial charge in [-0.25, -0.2) is 0 Å². The van der Waals surface area contributed by atoms with Gasteiger partial charge < -0.3 is 5.32 Å². The lowest BCUT2D eigenvalue weighted by molar-refractivity contribution is 0.0945. The first-order valence-electron chi connectivity index (χ1n) is 4.26. The predicted octanol–water partition coefficient (Wildman–Crippen LogP) is 2.04. The highest BCUT2D eigenvalue weighted by Crippen LogP contribution is 2.26. The highest BCUT2D eigenvalue weighted by Gasteiger charge is 2.20. The Hall–Kier alpha value is -0.830. The van der Waals surface area contributed by atoms with E-state index in [4.69, 9.17) is 0 Å². The van der Waals surface area contributed by atoms with Gasteiger partial charge in [-0.15, -0.1) is 0 Å². The van der Waals surface area contributed by atoms with Crippen LogP contribution in [0, 0.1) is 6.92 Å². The third kappa shape index (κ3) is 1.37. The van der Waals surface area contributed by atoms with Gasteiger partial charge >= 0.3 is 0 Å². The second-order valence-electron chi connectivity index (χ2n) is 3.22. The van der Waals surface area contributed by atoms with E-state index in [2.05, 4.69) is 21.2 Å². The molecule has 0 fully saturated rings. The zero-order chi connectivity index (χ0) is 9.42.